The number of rotatable bonds is 3. The number of ether oxygens (including phenoxy) is 1. The van der Waals surface area contributed by atoms with Crippen LogP contribution in [-0.4, -0.2) is 45.6 Å². The summed E-state index contributed by atoms with van der Waals surface area (Å²) in [6, 6.07) is 4.76. The molecule has 1 aromatic carbocycles. The van der Waals surface area contributed by atoms with E-state index in [2.05, 4.69) is 5.32 Å². The fraction of sp³-hybridized carbons (Fsp3) is 0.333. The number of carbonyl (C=O) groups is 2. The predicted octanol–water partition coefficient (Wildman–Crippen LogP) is 0.0646. The molecule has 0 saturated carbocycles. The Labute approximate surface area is 125 Å². The lowest BCUT2D eigenvalue weighted by molar-refractivity contribution is -0.126. The quantitative estimate of drug-likeness (QED) is 0.484. The number of nitrogens with zero attached hydrogens (tertiary/aromatic N) is 1. The van der Waals surface area contributed by atoms with Crippen molar-refractivity contribution in [1.82, 2.24) is 10.2 Å². The first-order chi connectivity index (χ1) is 9.92. The molecule has 0 spiro atoms. The number of nitrogens with one attached hydrogen (secondary N) is 1. The van der Waals surface area contributed by atoms with Crippen LogP contribution in [0.2, 0.25) is 0 Å². The Kier molecular flexibility index (Phi) is 4.36. The minimum atomic E-state index is -0.431. The number of amides is 1. The molecule has 2 radical (unpaired) electrons. The second-order valence-corrected chi connectivity index (χ2v) is 5.15. The molecule has 21 heavy (non-hydrogen) atoms. The Bertz CT molecular complexity index is 591. The van der Waals surface area contributed by atoms with Gasteiger partial charge in [-0.25, -0.2) is 0 Å². The summed E-state index contributed by atoms with van der Waals surface area (Å²) in [6.07, 6.45) is 1.71. The summed E-state index contributed by atoms with van der Waals surface area (Å²) >= 11 is 0. The topological polar surface area (TPSA) is 58.6 Å². The zero-order valence-corrected chi connectivity index (χ0v) is 12.3. The molecule has 0 bridgehead atoms. The van der Waals surface area contributed by atoms with Crippen molar-refractivity contribution in [3.05, 3.63) is 35.5 Å². The van der Waals surface area contributed by atoms with Gasteiger partial charge in [-0.15, -0.1) is 0 Å². The van der Waals surface area contributed by atoms with Crippen LogP contribution in [-0.2, 0) is 9.59 Å². The molecule has 1 aliphatic rings. The second-order valence-electron chi connectivity index (χ2n) is 5.15. The lowest BCUT2D eigenvalue weighted by atomic mass is 9.83. The summed E-state index contributed by atoms with van der Waals surface area (Å²) in [4.78, 5) is 25.9. The van der Waals surface area contributed by atoms with E-state index >= 15 is 0 Å². The normalized spacial score (nSPS) is 20.3. The van der Waals surface area contributed by atoms with Gasteiger partial charge in [-0.1, -0.05) is 11.5 Å². The van der Waals surface area contributed by atoms with Crippen LogP contribution in [0.15, 0.2) is 30.0 Å². The van der Waals surface area contributed by atoms with Gasteiger partial charge in [0, 0.05) is 26.7 Å². The molecule has 0 aromatic heterocycles. The highest BCUT2D eigenvalue weighted by atomic mass is 16.5. The standard InChI is InChI=1S/C15H17BN2O3/c1-18(2)8-11-14(19)7-13(17-15(11)20)10-6-9(21-3)4-5-12(10)16/h4-6,8,13H,7H2,1-3H3,(H,17,20)/b11-8-/t13-/m1/s1. The van der Waals surface area contributed by atoms with Crippen molar-refractivity contribution >= 4 is 25.0 Å². The van der Waals surface area contributed by atoms with E-state index < -0.39 is 6.04 Å². The number of carbonyl (C=O) groups excluding carboxylic acids is 2. The maximum atomic E-state index is 12.2. The molecule has 1 aliphatic heterocycles. The molecule has 1 fully saturated rings. The molecular formula is C15H17BN2O3. The molecule has 5 nitrogen and oxygen atoms in total. The highest BCUT2D eigenvalue weighted by molar-refractivity contribution is 6.33. The van der Waals surface area contributed by atoms with Gasteiger partial charge in [0.05, 0.1) is 18.7 Å². The molecule has 0 aliphatic carbocycles. The van der Waals surface area contributed by atoms with Gasteiger partial charge in [-0.2, -0.15) is 0 Å². The summed E-state index contributed by atoms with van der Waals surface area (Å²) < 4.78 is 5.16. The summed E-state index contributed by atoms with van der Waals surface area (Å²) in [7, 11) is 11.0. The van der Waals surface area contributed by atoms with E-state index in [4.69, 9.17) is 12.6 Å². The highest BCUT2D eigenvalue weighted by Gasteiger charge is 2.31. The summed E-state index contributed by atoms with van der Waals surface area (Å²) in [5.74, 6) is 0.0577. The molecule has 2 rings (SSSR count). The first-order valence-electron chi connectivity index (χ1n) is 6.58. The molecule has 0 unspecified atom stereocenters. The monoisotopic (exact) mass is 284 g/mol. The zero-order chi connectivity index (χ0) is 15.6. The number of hydrogen-bond donors (Lipinski definition) is 1. The second kappa shape index (κ2) is 6.03. The number of methoxy groups -OCH3 is 1. The van der Waals surface area contributed by atoms with Crippen molar-refractivity contribution < 1.29 is 14.3 Å². The summed E-state index contributed by atoms with van der Waals surface area (Å²) in [6.45, 7) is 0. The van der Waals surface area contributed by atoms with Crippen molar-refractivity contribution in [3.63, 3.8) is 0 Å². The smallest absolute Gasteiger partial charge is 0.256 e. The van der Waals surface area contributed by atoms with Crippen LogP contribution in [0.4, 0.5) is 0 Å². The molecule has 1 aromatic rings. The van der Waals surface area contributed by atoms with E-state index in [1.54, 1.807) is 44.3 Å². The van der Waals surface area contributed by atoms with Crippen LogP contribution in [0.1, 0.15) is 18.0 Å². The van der Waals surface area contributed by atoms with Crippen molar-refractivity contribution in [2.24, 2.45) is 0 Å². The number of ketones is 1. The molecule has 1 saturated heterocycles. The maximum absolute atomic E-state index is 12.2. The zero-order valence-electron chi connectivity index (χ0n) is 12.3. The molecule has 1 heterocycles. The Morgan fingerprint density at radius 2 is 2.10 bits per heavy atom. The van der Waals surface area contributed by atoms with Crippen molar-refractivity contribution in [2.45, 2.75) is 12.5 Å². The van der Waals surface area contributed by atoms with Crippen molar-refractivity contribution in [1.29, 1.82) is 0 Å². The van der Waals surface area contributed by atoms with Gasteiger partial charge in [0.15, 0.2) is 5.78 Å². The van der Waals surface area contributed by atoms with Crippen LogP contribution >= 0.6 is 0 Å². The van der Waals surface area contributed by atoms with Crippen LogP contribution in [0.3, 0.4) is 0 Å². The van der Waals surface area contributed by atoms with Gasteiger partial charge in [-0.05, 0) is 17.7 Å². The van der Waals surface area contributed by atoms with Gasteiger partial charge >= 0.3 is 0 Å². The van der Waals surface area contributed by atoms with Crippen LogP contribution in [0.5, 0.6) is 5.75 Å². The third-order valence-corrected chi connectivity index (χ3v) is 3.30. The van der Waals surface area contributed by atoms with Crippen molar-refractivity contribution in [3.8, 4) is 5.75 Å². The summed E-state index contributed by atoms with van der Waals surface area (Å²) in [5.41, 5.74) is 1.38. The Morgan fingerprint density at radius 1 is 1.38 bits per heavy atom. The number of piperidine rings is 1. The average Bonchev–Trinajstić information content (AvgIpc) is 2.43. The molecule has 6 heteroatoms. The lowest BCUT2D eigenvalue weighted by Gasteiger charge is -2.26. The lowest BCUT2D eigenvalue weighted by Crippen LogP contribution is -2.41. The van der Waals surface area contributed by atoms with E-state index in [0.29, 0.717) is 16.8 Å². The van der Waals surface area contributed by atoms with Crippen LogP contribution < -0.4 is 15.5 Å². The first-order valence-corrected chi connectivity index (χ1v) is 6.58. The van der Waals surface area contributed by atoms with E-state index in [1.807, 2.05) is 0 Å². The highest BCUT2D eigenvalue weighted by Crippen LogP contribution is 2.25. The number of hydrogen-bond acceptors (Lipinski definition) is 4. The molecule has 1 amide bonds. The van der Waals surface area contributed by atoms with Crippen LogP contribution in [0.25, 0.3) is 0 Å². The van der Waals surface area contributed by atoms with E-state index in [0.717, 1.165) is 0 Å². The SMILES string of the molecule is [B]c1ccc(OC)cc1[C@H]1CC(=O)/C(=C/N(C)C)C(=O)N1. The molecular weight excluding hydrogens is 267 g/mol. The average molecular weight is 284 g/mol. The van der Waals surface area contributed by atoms with E-state index in [1.165, 1.54) is 6.20 Å². The molecule has 108 valence electrons. The van der Waals surface area contributed by atoms with Gasteiger partial charge in [0.25, 0.3) is 5.91 Å². The Morgan fingerprint density at radius 3 is 2.67 bits per heavy atom. The fourth-order valence-corrected chi connectivity index (χ4v) is 2.27. The maximum Gasteiger partial charge on any atom is 0.256 e. The van der Waals surface area contributed by atoms with Gasteiger partial charge in [0.2, 0.25) is 0 Å². The van der Waals surface area contributed by atoms with Crippen molar-refractivity contribution in [2.75, 3.05) is 21.2 Å². The van der Waals surface area contributed by atoms with Gasteiger partial charge in [0.1, 0.15) is 13.6 Å². The fourth-order valence-electron chi connectivity index (χ4n) is 2.27. The minimum Gasteiger partial charge on any atom is -0.497 e. The third-order valence-electron chi connectivity index (χ3n) is 3.30. The first kappa shape index (κ1) is 15.2. The molecule has 1 atom stereocenters. The largest absolute Gasteiger partial charge is 0.497 e. The van der Waals surface area contributed by atoms with Crippen LogP contribution in [0, 0.1) is 0 Å². The van der Waals surface area contributed by atoms with E-state index in [9.17, 15) is 9.59 Å². The van der Waals surface area contributed by atoms with Gasteiger partial charge < -0.3 is 15.0 Å². The van der Waals surface area contributed by atoms with E-state index in [-0.39, 0.29) is 23.7 Å². The summed E-state index contributed by atoms with van der Waals surface area (Å²) in [5, 5.41) is 2.82. The number of benzene rings is 1. The van der Waals surface area contributed by atoms with Gasteiger partial charge in [-0.3, -0.25) is 9.59 Å². The minimum absolute atomic E-state index is 0.165. The number of Topliss-reactive ketones (excluding diaryl/α,β-unsaturated/α-hetero) is 1. The Balaban J connectivity index is 2.30. The third kappa shape index (κ3) is 3.27. The molecule has 1 N–H and O–H groups in total. The Hall–Kier alpha value is -2.24. The predicted molar refractivity (Wildman–Crippen MR) is 80.7 cm³/mol.